The number of hydroxylamine groups is 2. The summed E-state index contributed by atoms with van der Waals surface area (Å²) in [5.74, 6) is 0.170. The predicted octanol–water partition coefficient (Wildman–Crippen LogP) is 2.58. The van der Waals surface area contributed by atoms with Crippen molar-refractivity contribution in [3.05, 3.63) is 21.9 Å². The van der Waals surface area contributed by atoms with Gasteiger partial charge in [-0.15, -0.1) is 11.3 Å². The minimum Gasteiger partial charge on any atom is -0.351 e. The Morgan fingerprint density at radius 2 is 2.20 bits per heavy atom. The van der Waals surface area contributed by atoms with Gasteiger partial charge < -0.3 is 10.2 Å². The normalized spacial score (nSPS) is 21.0. The largest absolute Gasteiger partial charge is 0.351 e. The fourth-order valence-electron chi connectivity index (χ4n) is 3.38. The molecule has 2 saturated heterocycles. The van der Waals surface area contributed by atoms with Gasteiger partial charge in [-0.05, 0) is 37.8 Å². The van der Waals surface area contributed by atoms with Gasteiger partial charge in [-0.3, -0.25) is 14.4 Å². The molecule has 6 nitrogen and oxygen atoms in total. The number of amides is 2. The Balaban J connectivity index is 1.58. The zero-order valence-corrected chi connectivity index (χ0v) is 15.6. The molecule has 7 heteroatoms. The lowest BCUT2D eigenvalue weighted by molar-refractivity contribution is -0.139. The Labute approximate surface area is 153 Å². The minimum absolute atomic E-state index is 0.0137. The van der Waals surface area contributed by atoms with Gasteiger partial charge in [0.2, 0.25) is 5.91 Å². The van der Waals surface area contributed by atoms with Gasteiger partial charge in [-0.2, -0.15) is 5.06 Å². The second-order valence-corrected chi connectivity index (χ2v) is 7.68. The lowest BCUT2D eigenvalue weighted by atomic mass is 10.2. The van der Waals surface area contributed by atoms with Gasteiger partial charge in [-0.25, -0.2) is 0 Å². The van der Waals surface area contributed by atoms with Gasteiger partial charge in [0.1, 0.15) is 0 Å². The van der Waals surface area contributed by atoms with Crippen molar-refractivity contribution in [2.75, 3.05) is 32.8 Å². The van der Waals surface area contributed by atoms with Gasteiger partial charge in [-0.1, -0.05) is 6.92 Å². The van der Waals surface area contributed by atoms with Crippen LogP contribution >= 0.6 is 11.3 Å². The number of carbonyl (C=O) groups excluding carboxylic acids is 2. The fraction of sp³-hybridized carbons (Fsp3) is 0.667. The minimum atomic E-state index is -0.0137. The Hall–Kier alpha value is -1.44. The smallest absolute Gasteiger partial charge is 0.261 e. The van der Waals surface area contributed by atoms with Gasteiger partial charge >= 0.3 is 0 Å². The second-order valence-electron chi connectivity index (χ2n) is 6.57. The van der Waals surface area contributed by atoms with Crippen molar-refractivity contribution in [2.24, 2.45) is 0 Å². The van der Waals surface area contributed by atoms with E-state index < -0.39 is 0 Å². The summed E-state index contributed by atoms with van der Waals surface area (Å²) < 4.78 is 0. The van der Waals surface area contributed by atoms with Crippen LogP contribution in [0.5, 0.6) is 0 Å². The highest BCUT2D eigenvalue weighted by Gasteiger charge is 2.31. The second kappa shape index (κ2) is 8.78. The molecular formula is C18H27N3O3S. The fourth-order valence-corrected chi connectivity index (χ4v) is 4.45. The molecule has 0 saturated carbocycles. The lowest BCUT2D eigenvalue weighted by Crippen LogP contribution is -2.33. The van der Waals surface area contributed by atoms with Crippen LogP contribution in [-0.4, -0.2) is 54.6 Å². The molecule has 0 aromatic carbocycles. The zero-order valence-electron chi connectivity index (χ0n) is 14.8. The van der Waals surface area contributed by atoms with E-state index in [0.29, 0.717) is 19.5 Å². The molecule has 1 N–H and O–H groups in total. The Morgan fingerprint density at radius 3 is 2.96 bits per heavy atom. The van der Waals surface area contributed by atoms with E-state index in [4.69, 9.17) is 4.84 Å². The van der Waals surface area contributed by atoms with Crippen molar-refractivity contribution in [1.82, 2.24) is 15.3 Å². The third kappa shape index (κ3) is 4.59. The molecule has 3 heterocycles. The van der Waals surface area contributed by atoms with Crippen molar-refractivity contribution in [2.45, 2.75) is 45.1 Å². The monoisotopic (exact) mass is 365 g/mol. The third-order valence-electron chi connectivity index (χ3n) is 4.69. The van der Waals surface area contributed by atoms with Gasteiger partial charge in [0, 0.05) is 37.5 Å². The van der Waals surface area contributed by atoms with Crippen LogP contribution in [0.25, 0.3) is 0 Å². The summed E-state index contributed by atoms with van der Waals surface area (Å²) in [6.45, 7) is 5.88. The first-order valence-electron chi connectivity index (χ1n) is 9.24. The summed E-state index contributed by atoms with van der Waals surface area (Å²) in [6, 6.07) is 4.00. The van der Waals surface area contributed by atoms with Crippen molar-refractivity contribution >= 4 is 23.2 Å². The molecule has 2 aliphatic heterocycles. The first kappa shape index (κ1) is 18.4. The highest BCUT2D eigenvalue weighted by Crippen LogP contribution is 2.36. The highest BCUT2D eigenvalue weighted by atomic mass is 32.1. The summed E-state index contributed by atoms with van der Waals surface area (Å²) in [5, 5.41) is 4.80. The van der Waals surface area contributed by atoms with Crippen LogP contribution < -0.4 is 5.32 Å². The van der Waals surface area contributed by atoms with E-state index in [9.17, 15) is 9.59 Å². The summed E-state index contributed by atoms with van der Waals surface area (Å²) in [6.07, 6.45) is 4.45. The van der Waals surface area contributed by atoms with Gasteiger partial charge in [0.15, 0.2) is 0 Å². The maximum atomic E-state index is 12.6. The number of hydrogen-bond acceptors (Lipinski definition) is 5. The molecule has 138 valence electrons. The van der Waals surface area contributed by atoms with Crippen molar-refractivity contribution in [3.8, 4) is 0 Å². The standard InChI is InChI=1S/C18H27N3O3S/c1-2-9-19-18(23)16-7-6-15(25-16)14-5-3-11-21(14)17(22)8-12-20-10-4-13-24-20/h6-7,14H,2-5,8-13H2,1H3,(H,19,23). The first-order valence-corrected chi connectivity index (χ1v) is 10.1. The van der Waals surface area contributed by atoms with Crippen molar-refractivity contribution in [1.29, 1.82) is 0 Å². The van der Waals surface area contributed by atoms with Crippen LogP contribution in [0.1, 0.15) is 59.6 Å². The summed E-state index contributed by atoms with van der Waals surface area (Å²) in [4.78, 5) is 34.0. The van der Waals surface area contributed by atoms with Gasteiger partial charge in [0.25, 0.3) is 5.91 Å². The highest BCUT2D eigenvalue weighted by molar-refractivity contribution is 7.14. The average molecular weight is 365 g/mol. The maximum Gasteiger partial charge on any atom is 0.261 e. The van der Waals surface area contributed by atoms with E-state index in [0.717, 1.165) is 55.1 Å². The molecule has 3 rings (SSSR count). The van der Waals surface area contributed by atoms with E-state index in [2.05, 4.69) is 5.32 Å². The molecule has 0 radical (unpaired) electrons. The van der Waals surface area contributed by atoms with E-state index in [-0.39, 0.29) is 17.9 Å². The molecule has 1 aromatic heterocycles. The van der Waals surface area contributed by atoms with E-state index in [1.165, 1.54) is 11.3 Å². The van der Waals surface area contributed by atoms with Crippen LogP contribution in [0.3, 0.4) is 0 Å². The van der Waals surface area contributed by atoms with Crippen LogP contribution in [0, 0.1) is 0 Å². The molecule has 0 aliphatic carbocycles. The van der Waals surface area contributed by atoms with Gasteiger partial charge in [0.05, 0.1) is 17.5 Å². The Bertz CT molecular complexity index is 598. The molecule has 1 atom stereocenters. The number of thiophene rings is 1. The molecule has 25 heavy (non-hydrogen) atoms. The predicted molar refractivity (Wildman–Crippen MR) is 97.4 cm³/mol. The number of rotatable bonds is 7. The summed E-state index contributed by atoms with van der Waals surface area (Å²) in [5.41, 5.74) is 0. The molecule has 0 spiro atoms. The number of nitrogens with one attached hydrogen (secondary N) is 1. The number of likely N-dealkylation sites (tertiary alicyclic amines) is 1. The molecule has 1 unspecified atom stereocenters. The maximum absolute atomic E-state index is 12.6. The first-order chi connectivity index (χ1) is 12.2. The van der Waals surface area contributed by atoms with E-state index in [1.54, 1.807) is 0 Å². The number of nitrogens with zero attached hydrogens (tertiary/aromatic N) is 2. The number of carbonyl (C=O) groups is 2. The topological polar surface area (TPSA) is 61.9 Å². The molecule has 2 amide bonds. The molecule has 2 aliphatic rings. The zero-order chi connectivity index (χ0) is 17.6. The number of hydrogen-bond donors (Lipinski definition) is 1. The molecule has 0 bridgehead atoms. The Morgan fingerprint density at radius 1 is 1.32 bits per heavy atom. The van der Waals surface area contributed by atoms with Crippen molar-refractivity contribution < 1.29 is 14.4 Å². The third-order valence-corrected chi connectivity index (χ3v) is 5.87. The van der Waals surface area contributed by atoms with Crippen LogP contribution in [-0.2, 0) is 9.63 Å². The van der Waals surface area contributed by atoms with E-state index in [1.807, 2.05) is 29.0 Å². The molecule has 1 aromatic rings. The molecular weight excluding hydrogens is 338 g/mol. The van der Waals surface area contributed by atoms with Crippen LogP contribution in [0.4, 0.5) is 0 Å². The van der Waals surface area contributed by atoms with Crippen molar-refractivity contribution in [3.63, 3.8) is 0 Å². The SMILES string of the molecule is CCCNC(=O)c1ccc(C2CCCN2C(=O)CCN2CCCO2)s1. The Kier molecular flexibility index (Phi) is 6.45. The average Bonchev–Trinajstić information content (AvgIpc) is 3.37. The molecule has 2 fully saturated rings. The summed E-state index contributed by atoms with van der Waals surface area (Å²) >= 11 is 1.51. The quantitative estimate of drug-likeness (QED) is 0.807. The van der Waals surface area contributed by atoms with E-state index >= 15 is 0 Å². The lowest BCUT2D eigenvalue weighted by Gasteiger charge is -2.25. The van der Waals surface area contributed by atoms with Crippen LogP contribution in [0.15, 0.2) is 12.1 Å². The van der Waals surface area contributed by atoms with Crippen LogP contribution in [0.2, 0.25) is 0 Å². The summed E-state index contributed by atoms with van der Waals surface area (Å²) in [7, 11) is 0.